The van der Waals surface area contributed by atoms with Gasteiger partial charge in [-0.2, -0.15) is 13.2 Å². The molecule has 0 saturated heterocycles. The Bertz CT molecular complexity index is 811. The van der Waals surface area contributed by atoms with E-state index < -0.39 is 17.6 Å². The highest BCUT2D eigenvalue weighted by molar-refractivity contribution is 7.80. The van der Waals surface area contributed by atoms with Crippen LogP contribution in [0.3, 0.4) is 0 Å². The molecular formula is C16H12F4N2O2S. The summed E-state index contributed by atoms with van der Waals surface area (Å²) in [5, 5.41) is 5.78. The maximum atomic E-state index is 13.4. The minimum Gasteiger partial charge on any atom is -0.454 e. The van der Waals surface area contributed by atoms with Crippen LogP contribution < -0.4 is 20.1 Å². The molecule has 2 aromatic rings. The summed E-state index contributed by atoms with van der Waals surface area (Å²) in [5.74, 6) is 0.220. The average molecular weight is 372 g/mol. The van der Waals surface area contributed by atoms with Gasteiger partial charge in [0.15, 0.2) is 16.6 Å². The minimum absolute atomic E-state index is 0.0583. The number of thiocarbonyl (C=S) groups is 1. The number of hydrogen-bond acceptors (Lipinski definition) is 3. The lowest BCUT2D eigenvalue weighted by Gasteiger charge is -2.13. The number of anilines is 1. The van der Waals surface area contributed by atoms with E-state index in [4.69, 9.17) is 21.7 Å². The molecule has 132 valence electrons. The van der Waals surface area contributed by atoms with Gasteiger partial charge in [-0.1, -0.05) is 0 Å². The third kappa shape index (κ3) is 4.30. The second-order valence-electron chi connectivity index (χ2n) is 5.22. The van der Waals surface area contributed by atoms with Gasteiger partial charge in [0.05, 0.1) is 5.56 Å². The smallest absolute Gasteiger partial charge is 0.416 e. The summed E-state index contributed by atoms with van der Waals surface area (Å²) in [7, 11) is 0. The van der Waals surface area contributed by atoms with Crippen LogP contribution in [0.25, 0.3) is 0 Å². The number of hydrogen-bond donors (Lipinski definition) is 2. The van der Waals surface area contributed by atoms with Crippen LogP contribution in [-0.4, -0.2) is 11.9 Å². The van der Waals surface area contributed by atoms with Gasteiger partial charge in [-0.25, -0.2) is 4.39 Å². The summed E-state index contributed by atoms with van der Waals surface area (Å²) >= 11 is 5.09. The standard InChI is InChI=1S/C16H12F4N2O2S/c17-11-4-9(3-10(5-11)16(18,19)20)7-21-15(25)22-12-1-2-13-14(6-12)24-8-23-13/h1-6H,7-8H2,(H2,21,22,25). The molecule has 1 aliphatic heterocycles. The zero-order valence-electron chi connectivity index (χ0n) is 12.6. The van der Waals surface area contributed by atoms with Gasteiger partial charge in [-0.15, -0.1) is 0 Å². The van der Waals surface area contributed by atoms with E-state index in [0.29, 0.717) is 23.3 Å². The lowest BCUT2D eigenvalue weighted by atomic mass is 10.1. The fraction of sp³-hybridized carbons (Fsp3) is 0.188. The molecule has 0 atom stereocenters. The summed E-state index contributed by atoms with van der Waals surface area (Å²) in [5.41, 5.74) is -0.293. The van der Waals surface area contributed by atoms with Gasteiger partial charge >= 0.3 is 6.18 Å². The van der Waals surface area contributed by atoms with Crippen molar-refractivity contribution in [3.63, 3.8) is 0 Å². The molecule has 1 aliphatic rings. The summed E-state index contributed by atoms with van der Waals surface area (Å²) in [6, 6.07) is 7.44. The Hall–Kier alpha value is -2.55. The van der Waals surface area contributed by atoms with Gasteiger partial charge in [0.1, 0.15) is 5.82 Å². The van der Waals surface area contributed by atoms with E-state index in [1.807, 2.05) is 0 Å². The summed E-state index contributed by atoms with van der Waals surface area (Å²) in [6.07, 6.45) is -4.61. The van der Waals surface area contributed by atoms with Crippen LogP contribution in [0.5, 0.6) is 11.5 Å². The molecule has 1 heterocycles. The molecule has 0 radical (unpaired) electrons. The van der Waals surface area contributed by atoms with E-state index in [0.717, 1.165) is 12.1 Å². The molecule has 2 aromatic carbocycles. The fourth-order valence-corrected chi connectivity index (χ4v) is 2.44. The molecule has 9 heteroatoms. The number of rotatable bonds is 3. The Kier molecular flexibility index (Phi) is 4.67. The van der Waals surface area contributed by atoms with Crippen molar-refractivity contribution in [2.24, 2.45) is 0 Å². The van der Waals surface area contributed by atoms with E-state index >= 15 is 0 Å². The van der Waals surface area contributed by atoms with Crippen LogP contribution in [0.2, 0.25) is 0 Å². The number of halogens is 4. The largest absolute Gasteiger partial charge is 0.454 e. The highest BCUT2D eigenvalue weighted by atomic mass is 32.1. The maximum Gasteiger partial charge on any atom is 0.416 e. The van der Waals surface area contributed by atoms with Crippen molar-refractivity contribution in [3.8, 4) is 11.5 Å². The van der Waals surface area contributed by atoms with Gasteiger partial charge < -0.3 is 20.1 Å². The first-order valence-electron chi connectivity index (χ1n) is 7.12. The Morgan fingerprint density at radius 1 is 1.08 bits per heavy atom. The van der Waals surface area contributed by atoms with E-state index in [-0.39, 0.29) is 24.0 Å². The molecule has 0 saturated carbocycles. The first-order valence-corrected chi connectivity index (χ1v) is 7.53. The summed E-state index contributed by atoms with van der Waals surface area (Å²) in [6.45, 7) is 0.0832. The van der Waals surface area contributed by atoms with Gasteiger partial charge in [-0.3, -0.25) is 0 Å². The predicted molar refractivity (Wildman–Crippen MR) is 87.0 cm³/mol. The lowest BCUT2D eigenvalue weighted by Crippen LogP contribution is -2.28. The number of fused-ring (bicyclic) bond motifs is 1. The molecule has 4 nitrogen and oxygen atoms in total. The minimum atomic E-state index is -4.61. The third-order valence-electron chi connectivity index (χ3n) is 3.37. The highest BCUT2D eigenvalue weighted by Gasteiger charge is 2.31. The zero-order valence-corrected chi connectivity index (χ0v) is 13.4. The van der Waals surface area contributed by atoms with Crippen LogP contribution in [0.15, 0.2) is 36.4 Å². The normalized spacial score (nSPS) is 12.8. The van der Waals surface area contributed by atoms with Gasteiger partial charge in [0.2, 0.25) is 6.79 Å². The van der Waals surface area contributed by atoms with Crippen molar-refractivity contribution >= 4 is 23.0 Å². The molecule has 3 rings (SSSR count). The maximum absolute atomic E-state index is 13.4. The Labute approximate surface area is 145 Å². The zero-order chi connectivity index (χ0) is 18.0. The average Bonchev–Trinajstić information content (AvgIpc) is 2.99. The number of nitrogens with one attached hydrogen (secondary N) is 2. The van der Waals surface area contributed by atoms with E-state index in [2.05, 4.69) is 10.6 Å². The number of ether oxygens (including phenoxy) is 2. The van der Waals surface area contributed by atoms with Crippen LogP contribution in [-0.2, 0) is 12.7 Å². The Morgan fingerprint density at radius 3 is 2.60 bits per heavy atom. The topological polar surface area (TPSA) is 42.5 Å². The van der Waals surface area contributed by atoms with Crippen molar-refractivity contribution < 1.29 is 27.0 Å². The molecule has 0 amide bonds. The van der Waals surface area contributed by atoms with E-state index in [1.165, 1.54) is 0 Å². The van der Waals surface area contributed by atoms with Gasteiger partial charge in [-0.05, 0) is 48.1 Å². The Morgan fingerprint density at radius 2 is 1.84 bits per heavy atom. The molecule has 25 heavy (non-hydrogen) atoms. The van der Waals surface area contributed by atoms with Crippen molar-refractivity contribution in [1.82, 2.24) is 5.32 Å². The van der Waals surface area contributed by atoms with Gasteiger partial charge in [0, 0.05) is 18.3 Å². The van der Waals surface area contributed by atoms with Crippen molar-refractivity contribution in [2.75, 3.05) is 12.1 Å². The monoisotopic (exact) mass is 372 g/mol. The number of alkyl halides is 3. The number of benzene rings is 2. The molecule has 0 bridgehead atoms. The first kappa shape index (κ1) is 17.3. The summed E-state index contributed by atoms with van der Waals surface area (Å²) in [4.78, 5) is 0. The van der Waals surface area contributed by atoms with E-state index in [1.54, 1.807) is 18.2 Å². The quantitative estimate of drug-likeness (QED) is 0.628. The van der Waals surface area contributed by atoms with Crippen LogP contribution in [0.1, 0.15) is 11.1 Å². The second kappa shape index (κ2) is 6.75. The second-order valence-corrected chi connectivity index (χ2v) is 5.63. The SMILES string of the molecule is Fc1cc(CNC(=S)Nc2ccc3c(c2)OCO3)cc(C(F)(F)F)c1. The predicted octanol–water partition coefficient (Wildman–Crippen LogP) is 4.06. The molecular weight excluding hydrogens is 360 g/mol. The van der Waals surface area contributed by atoms with Gasteiger partial charge in [0.25, 0.3) is 0 Å². The molecule has 0 aliphatic carbocycles. The molecule has 0 fully saturated rings. The molecule has 2 N–H and O–H groups in total. The fourth-order valence-electron chi connectivity index (χ4n) is 2.25. The van der Waals surface area contributed by atoms with E-state index in [9.17, 15) is 17.6 Å². The molecule has 0 unspecified atom stereocenters. The highest BCUT2D eigenvalue weighted by Crippen LogP contribution is 2.34. The van der Waals surface area contributed by atoms with Crippen molar-refractivity contribution in [1.29, 1.82) is 0 Å². The Balaban J connectivity index is 1.62. The van der Waals surface area contributed by atoms with Crippen LogP contribution in [0, 0.1) is 5.82 Å². The third-order valence-corrected chi connectivity index (χ3v) is 3.61. The van der Waals surface area contributed by atoms with Crippen molar-refractivity contribution in [2.45, 2.75) is 12.7 Å². The van der Waals surface area contributed by atoms with Crippen LogP contribution >= 0.6 is 12.2 Å². The van der Waals surface area contributed by atoms with Crippen LogP contribution in [0.4, 0.5) is 23.2 Å². The lowest BCUT2D eigenvalue weighted by molar-refractivity contribution is -0.137. The first-order chi connectivity index (χ1) is 11.8. The molecule has 0 spiro atoms. The summed E-state index contributed by atoms with van der Waals surface area (Å²) < 4.78 is 61.9. The molecule has 0 aromatic heterocycles. The van der Waals surface area contributed by atoms with Crippen molar-refractivity contribution in [3.05, 3.63) is 53.3 Å².